The molecular formula is C25H44N4O8S. The number of fused-ring (bicyclic) bond motifs is 1. The first-order valence-corrected chi connectivity index (χ1v) is 14.7. The molecule has 0 spiro atoms. The zero-order valence-electron chi connectivity index (χ0n) is 22.2. The zero-order valence-corrected chi connectivity index (χ0v) is 23.0. The Bertz CT molecular complexity index is 729. The normalized spacial score (nSPS) is 20.0. The van der Waals surface area contributed by atoms with E-state index in [2.05, 4.69) is 21.3 Å². The first-order valence-electron chi connectivity index (χ1n) is 13.6. The van der Waals surface area contributed by atoms with Crippen LogP contribution in [-0.2, 0) is 28.6 Å². The third-order valence-corrected chi connectivity index (χ3v) is 7.70. The fourth-order valence-corrected chi connectivity index (χ4v) is 5.74. The number of carbonyl (C=O) groups excluding carboxylic acids is 3. The third-order valence-electron chi connectivity index (χ3n) is 6.19. The molecule has 0 aromatic carbocycles. The van der Waals surface area contributed by atoms with Crippen LogP contribution in [-0.4, -0.2) is 105 Å². The van der Waals surface area contributed by atoms with Gasteiger partial charge in [-0.15, -0.1) is 0 Å². The van der Waals surface area contributed by atoms with Crippen LogP contribution in [0.15, 0.2) is 0 Å². The van der Waals surface area contributed by atoms with Crippen molar-refractivity contribution in [3.63, 3.8) is 0 Å². The van der Waals surface area contributed by atoms with Crippen LogP contribution in [0.4, 0.5) is 4.79 Å². The van der Waals surface area contributed by atoms with Crippen LogP contribution < -0.4 is 21.3 Å². The molecule has 5 N–H and O–H groups in total. The predicted molar refractivity (Wildman–Crippen MR) is 143 cm³/mol. The van der Waals surface area contributed by atoms with Crippen molar-refractivity contribution in [1.82, 2.24) is 21.3 Å². The molecule has 2 aliphatic rings. The number of ether oxygens (including phenoxy) is 3. The number of urea groups is 1. The molecule has 0 bridgehead atoms. The summed E-state index contributed by atoms with van der Waals surface area (Å²) in [7, 11) is 0. The standard InChI is InChI=1S/C25H44N4O8S/c30-21(7-2-1-6-20-24-19(18-38-20)28-25(34)29-24)26-10-4-12-35-14-16-37-17-15-36-13-5-11-27-22(31)8-3-9-23(32)33/h19-20,24H,1-18H2,(H,26,30)(H,27,31)(H,32,33)(H2,28,29,34). The SMILES string of the molecule is O=C(O)CCCC(=O)NCCCOCCOCCOCCCNC(=O)CCCCC1SCC2NC(=O)NC21. The first-order chi connectivity index (χ1) is 18.5. The minimum atomic E-state index is -0.892. The van der Waals surface area contributed by atoms with Crippen LogP contribution in [0.25, 0.3) is 0 Å². The van der Waals surface area contributed by atoms with Gasteiger partial charge in [-0.2, -0.15) is 11.8 Å². The highest BCUT2D eigenvalue weighted by atomic mass is 32.2. The topological polar surface area (TPSA) is 164 Å². The number of hydrogen-bond acceptors (Lipinski definition) is 8. The number of carboxylic acids is 1. The summed E-state index contributed by atoms with van der Waals surface area (Å²) < 4.78 is 16.4. The lowest BCUT2D eigenvalue weighted by Crippen LogP contribution is -2.36. The van der Waals surface area contributed by atoms with Crippen molar-refractivity contribution in [1.29, 1.82) is 0 Å². The van der Waals surface area contributed by atoms with Crippen molar-refractivity contribution < 1.29 is 38.5 Å². The van der Waals surface area contributed by atoms with E-state index < -0.39 is 5.97 Å². The van der Waals surface area contributed by atoms with Crippen molar-refractivity contribution in [2.45, 2.75) is 75.1 Å². The molecule has 3 unspecified atom stereocenters. The van der Waals surface area contributed by atoms with Crippen molar-refractivity contribution in [3.05, 3.63) is 0 Å². The van der Waals surface area contributed by atoms with Gasteiger partial charge < -0.3 is 40.6 Å². The molecule has 0 aromatic rings. The molecule has 0 aromatic heterocycles. The Hall–Kier alpha value is -2.09. The van der Waals surface area contributed by atoms with Gasteiger partial charge in [0.1, 0.15) is 0 Å². The van der Waals surface area contributed by atoms with Gasteiger partial charge in [-0.3, -0.25) is 14.4 Å². The zero-order chi connectivity index (χ0) is 27.4. The Kier molecular flexibility index (Phi) is 16.8. The molecule has 0 saturated carbocycles. The average molecular weight is 561 g/mol. The summed E-state index contributed by atoms with van der Waals surface area (Å²) in [6.07, 6.45) is 5.38. The van der Waals surface area contributed by atoms with E-state index in [1.165, 1.54) is 0 Å². The van der Waals surface area contributed by atoms with Crippen LogP contribution in [0.2, 0.25) is 0 Å². The molecule has 0 radical (unpaired) electrons. The summed E-state index contributed by atoms with van der Waals surface area (Å²) in [5.41, 5.74) is 0. The number of hydrogen-bond donors (Lipinski definition) is 5. The summed E-state index contributed by atoms with van der Waals surface area (Å²) >= 11 is 1.90. The molecule has 2 fully saturated rings. The molecule has 38 heavy (non-hydrogen) atoms. The molecule has 12 nitrogen and oxygen atoms in total. The Morgan fingerprint density at radius 3 is 1.97 bits per heavy atom. The van der Waals surface area contributed by atoms with Gasteiger partial charge in [-0.1, -0.05) is 6.42 Å². The molecule has 2 heterocycles. The molecule has 2 rings (SSSR count). The van der Waals surface area contributed by atoms with Gasteiger partial charge >= 0.3 is 12.0 Å². The largest absolute Gasteiger partial charge is 0.481 e. The van der Waals surface area contributed by atoms with Crippen LogP contribution in [0.3, 0.4) is 0 Å². The number of nitrogens with one attached hydrogen (secondary N) is 4. The van der Waals surface area contributed by atoms with Crippen molar-refractivity contribution in [3.8, 4) is 0 Å². The lowest BCUT2D eigenvalue weighted by molar-refractivity contribution is -0.137. The quantitative estimate of drug-likeness (QED) is 0.0907. The molecule has 218 valence electrons. The second-order valence-electron chi connectivity index (χ2n) is 9.36. The highest BCUT2D eigenvalue weighted by Crippen LogP contribution is 2.33. The van der Waals surface area contributed by atoms with Gasteiger partial charge in [-0.05, 0) is 32.1 Å². The van der Waals surface area contributed by atoms with Crippen molar-refractivity contribution in [2.24, 2.45) is 0 Å². The molecule has 0 aliphatic carbocycles. The summed E-state index contributed by atoms with van der Waals surface area (Å²) in [6, 6.07) is 0.411. The Morgan fingerprint density at radius 1 is 0.789 bits per heavy atom. The monoisotopic (exact) mass is 560 g/mol. The fraction of sp³-hybridized carbons (Fsp3) is 0.840. The van der Waals surface area contributed by atoms with Crippen molar-refractivity contribution in [2.75, 3.05) is 58.5 Å². The lowest BCUT2D eigenvalue weighted by atomic mass is 10.0. The summed E-state index contributed by atoms with van der Waals surface area (Å²) in [5, 5.41) is 20.6. The number of carbonyl (C=O) groups is 4. The third kappa shape index (κ3) is 14.7. The average Bonchev–Trinajstić information content (AvgIpc) is 3.43. The summed E-state index contributed by atoms with van der Waals surface area (Å²) in [4.78, 5) is 45.3. The number of thioether (sulfide) groups is 1. The minimum Gasteiger partial charge on any atom is -0.481 e. The molecule has 2 aliphatic heterocycles. The maximum Gasteiger partial charge on any atom is 0.315 e. The van der Waals surface area contributed by atoms with Gasteiger partial charge in [0, 0.05) is 56.6 Å². The smallest absolute Gasteiger partial charge is 0.315 e. The molecule has 4 amide bonds. The number of rotatable bonds is 23. The summed E-state index contributed by atoms with van der Waals surface area (Å²) in [5.74, 6) is -0.00156. The van der Waals surface area contributed by atoms with E-state index >= 15 is 0 Å². The summed E-state index contributed by atoms with van der Waals surface area (Å²) in [6.45, 7) is 4.06. The second kappa shape index (κ2) is 19.9. The molecule has 13 heteroatoms. The highest BCUT2D eigenvalue weighted by molar-refractivity contribution is 8.00. The van der Waals surface area contributed by atoms with Gasteiger partial charge in [0.15, 0.2) is 0 Å². The van der Waals surface area contributed by atoms with Crippen LogP contribution in [0.5, 0.6) is 0 Å². The van der Waals surface area contributed by atoms with E-state index in [0.29, 0.717) is 77.2 Å². The number of amides is 4. The van der Waals surface area contributed by atoms with E-state index in [9.17, 15) is 19.2 Å². The number of aliphatic carboxylic acids is 1. The predicted octanol–water partition coefficient (Wildman–Crippen LogP) is 1.03. The maximum absolute atomic E-state index is 12.0. The Labute approximate surface area is 229 Å². The highest BCUT2D eigenvalue weighted by Gasteiger charge is 2.42. The number of carboxylic acid groups (broad SMARTS) is 1. The van der Waals surface area contributed by atoms with E-state index in [0.717, 1.165) is 31.4 Å². The molecule has 2 saturated heterocycles. The van der Waals surface area contributed by atoms with E-state index in [4.69, 9.17) is 19.3 Å². The van der Waals surface area contributed by atoms with Gasteiger partial charge in [0.05, 0.1) is 38.5 Å². The minimum absolute atomic E-state index is 0.00453. The lowest BCUT2D eigenvalue weighted by Gasteiger charge is -2.16. The number of unbranched alkanes of at least 4 members (excludes halogenated alkanes) is 1. The van der Waals surface area contributed by atoms with E-state index in [1.807, 2.05) is 11.8 Å². The molecule has 3 atom stereocenters. The van der Waals surface area contributed by atoms with Gasteiger partial charge in [0.2, 0.25) is 11.8 Å². The van der Waals surface area contributed by atoms with Crippen LogP contribution in [0, 0.1) is 0 Å². The van der Waals surface area contributed by atoms with E-state index in [1.54, 1.807) is 0 Å². The van der Waals surface area contributed by atoms with Crippen LogP contribution in [0.1, 0.15) is 57.8 Å². The van der Waals surface area contributed by atoms with Gasteiger partial charge in [-0.25, -0.2) is 4.79 Å². The van der Waals surface area contributed by atoms with Gasteiger partial charge in [0.25, 0.3) is 0 Å². The Balaban J connectivity index is 1.25. The maximum atomic E-state index is 12.0. The first kappa shape index (κ1) is 32.1. The van der Waals surface area contributed by atoms with Crippen LogP contribution >= 0.6 is 11.8 Å². The van der Waals surface area contributed by atoms with E-state index in [-0.39, 0.29) is 42.8 Å². The second-order valence-corrected chi connectivity index (χ2v) is 10.6. The molecular weight excluding hydrogens is 516 g/mol. The Morgan fingerprint density at radius 2 is 1.37 bits per heavy atom. The fourth-order valence-electron chi connectivity index (χ4n) is 4.20. The van der Waals surface area contributed by atoms with Crippen molar-refractivity contribution >= 4 is 35.6 Å².